The largest absolute Gasteiger partial charge is 0.456 e. The third-order valence-corrected chi connectivity index (χ3v) is 4.09. The van der Waals surface area contributed by atoms with Gasteiger partial charge >= 0.3 is 12.0 Å². The minimum Gasteiger partial charge on any atom is -0.456 e. The van der Waals surface area contributed by atoms with Crippen molar-refractivity contribution in [2.45, 2.75) is 26.4 Å². The Morgan fingerprint density at radius 3 is 2.55 bits per heavy atom. The Balaban J connectivity index is 1.38. The highest BCUT2D eigenvalue weighted by molar-refractivity contribution is 5.89. The number of anilines is 1. The van der Waals surface area contributed by atoms with Crippen molar-refractivity contribution in [1.82, 2.24) is 15.5 Å². The molecule has 0 atom stereocenters. The Kier molecular flexibility index (Phi) is 6.94. The van der Waals surface area contributed by atoms with Gasteiger partial charge in [0.05, 0.1) is 6.42 Å². The van der Waals surface area contributed by atoms with Crippen molar-refractivity contribution in [3.63, 3.8) is 0 Å². The monoisotopic (exact) mass is 394 g/mol. The van der Waals surface area contributed by atoms with Crippen LogP contribution in [0.4, 0.5) is 10.5 Å². The molecule has 1 heterocycles. The lowest BCUT2D eigenvalue weighted by molar-refractivity contribution is -0.145. The number of benzene rings is 2. The zero-order chi connectivity index (χ0) is 20.5. The van der Waals surface area contributed by atoms with E-state index >= 15 is 0 Å². The van der Waals surface area contributed by atoms with Crippen molar-refractivity contribution >= 4 is 17.7 Å². The first kappa shape index (κ1) is 20.1. The molecule has 8 nitrogen and oxygen atoms in total. The zero-order valence-electron chi connectivity index (χ0n) is 16.1. The van der Waals surface area contributed by atoms with Gasteiger partial charge in [0.1, 0.15) is 0 Å². The predicted molar refractivity (Wildman–Crippen MR) is 107 cm³/mol. The maximum Gasteiger partial charge on any atom is 0.319 e. The van der Waals surface area contributed by atoms with E-state index in [1.807, 2.05) is 42.5 Å². The highest BCUT2D eigenvalue weighted by Crippen LogP contribution is 2.17. The third kappa shape index (κ3) is 6.17. The number of urea groups is 1. The van der Waals surface area contributed by atoms with Crippen LogP contribution in [0.25, 0.3) is 11.4 Å². The summed E-state index contributed by atoms with van der Waals surface area (Å²) in [5.74, 6) is 0.178. The van der Waals surface area contributed by atoms with Gasteiger partial charge in [-0.25, -0.2) is 4.79 Å². The molecule has 150 valence electrons. The van der Waals surface area contributed by atoms with Gasteiger partial charge in [0.2, 0.25) is 5.82 Å². The number of nitrogens with one attached hydrogen (secondary N) is 2. The predicted octanol–water partition coefficient (Wildman–Crippen LogP) is 3.55. The van der Waals surface area contributed by atoms with E-state index in [9.17, 15) is 9.59 Å². The fraction of sp³-hybridized carbons (Fsp3) is 0.238. The van der Waals surface area contributed by atoms with Crippen molar-refractivity contribution < 1.29 is 18.8 Å². The average Bonchev–Trinajstić information content (AvgIpc) is 3.22. The molecule has 2 N–H and O–H groups in total. The first-order valence-corrected chi connectivity index (χ1v) is 9.31. The van der Waals surface area contributed by atoms with Gasteiger partial charge < -0.3 is 19.9 Å². The van der Waals surface area contributed by atoms with Gasteiger partial charge in [-0.2, -0.15) is 4.98 Å². The summed E-state index contributed by atoms with van der Waals surface area (Å²) in [5, 5.41) is 9.16. The van der Waals surface area contributed by atoms with Gasteiger partial charge in [-0.3, -0.25) is 4.79 Å². The summed E-state index contributed by atoms with van der Waals surface area (Å²) in [6, 6.07) is 16.5. The molecule has 0 saturated carbocycles. The van der Waals surface area contributed by atoms with Crippen LogP contribution < -0.4 is 10.6 Å². The zero-order valence-corrected chi connectivity index (χ0v) is 16.1. The standard InChI is InChI=1S/C21H22N4O4/c1-2-15-8-10-16(11-9-15)20-24-18(29-25-20)14-28-19(26)12-13-22-21(27)23-17-6-4-3-5-7-17/h3-11H,2,12-14H2,1H3,(H2,22,23,27). The van der Waals surface area contributed by atoms with E-state index in [-0.39, 0.29) is 31.5 Å². The lowest BCUT2D eigenvalue weighted by Gasteiger charge is -2.07. The van der Waals surface area contributed by atoms with Crippen molar-refractivity contribution in [3.05, 3.63) is 66.1 Å². The Morgan fingerprint density at radius 1 is 1.07 bits per heavy atom. The van der Waals surface area contributed by atoms with E-state index in [1.54, 1.807) is 12.1 Å². The van der Waals surface area contributed by atoms with E-state index in [0.717, 1.165) is 12.0 Å². The highest BCUT2D eigenvalue weighted by Gasteiger charge is 2.11. The summed E-state index contributed by atoms with van der Waals surface area (Å²) in [7, 11) is 0. The molecular formula is C21H22N4O4. The van der Waals surface area contributed by atoms with Gasteiger partial charge in [0, 0.05) is 17.8 Å². The summed E-state index contributed by atoms with van der Waals surface area (Å²) in [6.45, 7) is 2.12. The maximum atomic E-state index is 11.8. The number of rotatable bonds is 8. The highest BCUT2D eigenvalue weighted by atomic mass is 16.6. The molecule has 29 heavy (non-hydrogen) atoms. The van der Waals surface area contributed by atoms with Crippen molar-refractivity contribution in [1.29, 1.82) is 0 Å². The number of hydrogen-bond donors (Lipinski definition) is 2. The molecule has 1 aromatic heterocycles. The molecule has 8 heteroatoms. The SMILES string of the molecule is CCc1ccc(-c2noc(COC(=O)CCNC(=O)Nc3ccccc3)n2)cc1. The smallest absolute Gasteiger partial charge is 0.319 e. The van der Waals surface area contributed by atoms with Gasteiger partial charge in [-0.15, -0.1) is 0 Å². The molecule has 0 aliphatic rings. The van der Waals surface area contributed by atoms with Gasteiger partial charge in [-0.05, 0) is 24.1 Å². The number of carbonyl (C=O) groups is 2. The maximum absolute atomic E-state index is 11.8. The second kappa shape index (κ2) is 10.0. The van der Waals surface area contributed by atoms with Crippen LogP contribution >= 0.6 is 0 Å². The average molecular weight is 394 g/mol. The molecule has 0 unspecified atom stereocenters. The van der Waals surface area contributed by atoms with Gasteiger partial charge in [0.15, 0.2) is 6.61 Å². The number of carbonyl (C=O) groups excluding carboxylic acids is 2. The van der Waals surface area contributed by atoms with Crippen molar-refractivity contribution in [2.75, 3.05) is 11.9 Å². The topological polar surface area (TPSA) is 106 Å². The summed E-state index contributed by atoms with van der Waals surface area (Å²) in [4.78, 5) is 27.8. The van der Waals surface area contributed by atoms with Crippen LogP contribution in [0.15, 0.2) is 59.1 Å². The lowest BCUT2D eigenvalue weighted by atomic mass is 10.1. The molecule has 0 spiro atoms. The molecule has 0 radical (unpaired) electrons. The molecule has 2 amide bonds. The summed E-state index contributed by atoms with van der Waals surface area (Å²) >= 11 is 0. The van der Waals surface area contributed by atoms with Crippen LogP contribution in [0.2, 0.25) is 0 Å². The van der Waals surface area contributed by atoms with Crippen LogP contribution in [0.3, 0.4) is 0 Å². The molecule has 0 bridgehead atoms. The summed E-state index contributed by atoms with van der Waals surface area (Å²) < 4.78 is 10.2. The van der Waals surface area contributed by atoms with Gasteiger partial charge in [-0.1, -0.05) is 54.5 Å². The summed E-state index contributed by atoms with van der Waals surface area (Å²) in [5.41, 5.74) is 2.72. The summed E-state index contributed by atoms with van der Waals surface area (Å²) in [6.07, 6.45) is 0.984. The molecule has 3 rings (SSSR count). The minimum atomic E-state index is -0.475. The molecule has 0 saturated heterocycles. The Bertz CT molecular complexity index is 939. The quantitative estimate of drug-likeness (QED) is 0.566. The van der Waals surface area contributed by atoms with Crippen molar-refractivity contribution in [2.24, 2.45) is 0 Å². The Hall–Kier alpha value is -3.68. The number of ether oxygens (including phenoxy) is 1. The van der Waals surface area contributed by atoms with Crippen LogP contribution in [-0.4, -0.2) is 28.7 Å². The van der Waals surface area contributed by atoms with Crippen LogP contribution in [0.1, 0.15) is 24.8 Å². The normalized spacial score (nSPS) is 10.4. The minimum absolute atomic E-state index is 0.0294. The second-order valence-corrected chi connectivity index (χ2v) is 6.22. The van der Waals surface area contributed by atoms with Gasteiger partial charge in [0.25, 0.3) is 5.89 Å². The van der Waals surface area contributed by atoms with E-state index in [4.69, 9.17) is 9.26 Å². The van der Waals surface area contributed by atoms with Crippen LogP contribution in [0, 0.1) is 0 Å². The number of hydrogen-bond acceptors (Lipinski definition) is 6. The first-order valence-electron chi connectivity index (χ1n) is 9.31. The van der Waals surface area contributed by atoms with Crippen molar-refractivity contribution in [3.8, 4) is 11.4 Å². The molecule has 0 aliphatic carbocycles. The van der Waals surface area contributed by atoms with E-state index in [1.165, 1.54) is 5.56 Å². The van der Waals surface area contributed by atoms with Crippen LogP contribution in [-0.2, 0) is 22.6 Å². The fourth-order valence-electron chi connectivity index (χ4n) is 2.51. The second-order valence-electron chi connectivity index (χ2n) is 6.22. The number of para-hydroxylation sites is 1. The number of aryl methyl sites for hydroxylation is 1. The third-order valence-electron chi connectivity index (χ3n) is 4.09. The molecule has 0 aliphatic heterocycles. The first-order chi connectivity index (χ1) is 14.1. The van der Waals surface area contributed by atoms with E-state index < -0.39 is 5.97 Å². The van der Waals surface area contributed by atoms with E-state index in [0.29, 0.717) is 11.5 Å². The Labute approximate surface area is 168 Å². The molecule has 3 aromatic rings. The molecule has 0 fully saturated rings. The fourth-order valence-corrected chi connectivity index (χ4v) is 2.51. The number of esters is 1. The van der Waals surface area contributed by atoms with Crippen LogP contribution in [0.5, 0.6) is 0 Å². The number of nitrogens with zero attached hydrogens (tertiary/aromatic N) is 2. The molecular weight excluding hydrogens is 372 g/mol. The van der Waals surface area contributed by atoms with E-state index in [2.05, 4.69) is 27.7 Å². The Morgan fingerprint density at radius 2 is 1.83 bits per heavy atom. The molecule has 2 aromatic carbocycles. The number of amides is 2. The number of aromatic nitrogens is 2. The lowest BCUT2D eigenvalue weighted by Crippen LogP contribution is -2.30.